The molecular weight excluding hydrogens is 427 g/mol. The van der Waals surface area contributed by atoms with Gasteiger partial charge in [0.05, 0.1) is 6.33 Å². The van der Waals surface area contributed by atoms with E-state index in [0.717, 1.165) is 30.5 Å². The molecule has 3 aromatic rings. The lowest BCUT2D eigenvalue weighted by atomic mass is 9.86. The molecule has 32 heavy (non-hydrogen) atoms. The van der Waals surface area contributed by atoms with E-state index in [4.69, 9.17) is 0 Å². The summed E-state index contributed by atoms with van der Waals surface area (Å²) in [5.74, 6) is 0.528. The summed E-state index contributed by atoms with van der Waals surface area (Å²) in [6.07, 6.45) is 5.31. The molecule has 4 rings (SSSR count). The van der Waals surface area contributed by atoms with Gasteiger partial charge in [-0.15, -0.1) is 0 Å². The van der Waals surface area contributed by atoms with Crippen molar-refractivity contribution in [1.29, 1.82) is 0 Å². The summed E-state index contributed by atoms with van der Waals surface area (Å²) in [7, 11) is 0.0755. The molecule has 0 amide bonds. The number of aryl methyl sites for hydroxylation is 1. The lowest BCUT2D eigenvalue weighted by molar-refractivity contribution is 0.435. The Hall–Kier alpha value is -2.55. The van der Waals surface area contributed by atoms with Crippen molar-refractivity contribution in [2.45, 2.75) is 30.2 Å². The second-order valence-electron chi connectivity index (χ2n) is 8.52. The summed E-state index contributed by atoms with van der Waals surface area (Å²) in [5, 5.41) is 3.32. The number of rotatable bonds is 9. The molecule has 0 aliphatic heterocycles. The van der Waals surface area contributed by atoms with Crippen LogP contribution in [0.1, 0.15) is 28.2 Å². The number of aromatic nitrogens is 2. The third kappa shape index (κ3) is 5.09. The zero-order valence-electron chi connectivity index (χ0n) is 18.4. The second kappa shape index (κ2) is 9.52. The van der Waals surface area contributed by atoms with Crippen LogP contribution in [-0.2, 0) is 36.3 Å². The largest absolute Gasteiger partial charge is 0.339 e. The first kappa shape index (κ1) is 22.6. The molecule has 2 atom stereocenters. The Labute approximate surface area is 188 Å². The van der Waals surface area contributed by atoms with Crippen molar-refractivity contribution >= 4 is 10.0 Å². The van der Waals surface area contributed by atoms with Gasteiger partial charge in [0.2, 0.25) is 0 Å². The highest BCUT2D eigenvalue weighted by atomic mass is 32.2. The van der Waals surface area contributed by atoms with Gasteiger partial charge in [0.15, 0.2) is 5.03 Å². The van der Waals surface area contributed by atoms with Crippen molar-refractivity contribution < 1.29 is 12.8 Å². The number of hydrogen-bond acceptors (Lipinski definition) is 4. The normalized spacial score (nSPS) is 18.1. The highest BCUT2D eigenvalue weighted by Crippen LogP contribution is 2.40. The summed E-state index contributed by atoms with van der Waals surface area (Å²) in [6, 6.07) is 13.3. The van der Waals surface area contributed by atoms with Gasteiger partial charge in [-0.1, -0.05) is 30.3 Å². The average Bonchev–Trinajstić information content (AvgIpc) is 3.33. The zero-order chi connectivity index (χ0) is 22.7. The van der Waals surface area contributed by atoms with Gasteiger partial charge in [-0.3, -0.25) is 0 Å². The number of fused-ring (bicyclic) bond motifs is 1. The number of nitrogens with one attached hydrogen (secondary N) is 2. The number of benzene rings is 2. The van der Waals surface area contributed by atoms with Crippen molar-refractivity contribution in [2.75, 3.05) is 20.1 Å². The van der Waals surface area contributed by atoms with Crippen molar-refractivity contribution in [2.24, 2.45) is 13.0 Å². The molecule has 1 heterocycles. The van der Waals surface area contributed by atoms with E-state index in [1.54, 1.807) is 23.7 Å². The fourth-order valence-electron chi connectivity index (χ4n) is 4.61. The number of nitrogens with zero attached hydrogens (tertiary/aromatic N) is 2. The molecule has 0 bridgehead atoms. The summed E-state index contributed by atoms with van der Waals surface area (Å²) in [5.41, 5.74) is 4.70. The molecule has 1 aromatic heterocycles. The fourth-order valence-corrected chi connectivity index (χ4v) is 5.62. The summed E-state index contributed by atoms with van der Waals surface area (Å²) in [4.78, 5) is 3.92. The maximum absolute atomic E-state index is 13.7. The van der Waals surface area contributed by atoms with Crippen LogP contribution in [0.15, 0.2) is 60.0 Å². The number of halogens is 1. The first-order chi connectivity index (χ1) is 15.4. The first-order valence-corrected chi connectivity index (χ1v) is 12.3. The van der Waals surface area contributed by atoms with E-state index in [-0.39, 0.29) is 10.8 Å². The topological polar surface area (TPSA) is 76.0 Å². The average molecular weight is 457 g/mol. The van der Waals surface area contributed by atoms with E-state index < -0.39 is 10.0 Å². The number of sulfonamides is 1. The van der Waals surface area contributed by atoms with Crippen LogP contribution in [0.2, 0.25) is 0 Å². The van der Waals surface area contributed by atoms with Crippen LogP contribution in [0.3, 0.4) is 0 Å². The summed E-state index contributed by atoms with van der Waals surface area (Å²) in [6.45, 7) is 1.19. The van der Waals surface area contributed by atoms with Crippen molar-refractivity contribution in [3.05, 3.63) is 83.1 Å². The van der Waals surface area contributed by atoms with Gasteiger partial charge in [-0.05, 0) is 79.1 Å². The van der Waals surface area contributed by atoms with E-state index in [1.165, 1.54) is 29.7 Å². The van der Waals surface area contributed by atoms with Gasteiger partial charge in [0, 0.05) is 19.8 Å². The molecule has 2 N–H and O–H groups in total. The van der Waals surface area contributed by atoms with Crippen LogP contribution < -0.4 is 10.0 Å². The summed E-state index contributed by atoms with van der Waals surface area (Å²) < 4.78 is 42.8. The molecule has 0 saturated heterocycles. The fraction of sp³-hybridized carbons (Fsp3) is 0.375. The molecule has 1 aliphatic rings. The molecule has 6 nitrogen and oxygen atoms in total. The van der Waals surface area contributed by atoms with Crippen LogP contribution in [-0.4, -0.2) is 38.1 Å². The molecule has 0 spiro atoms. The van der Waals surface area contributed by atoms with Crippen molar-refractivity contribution in [1.82, 2.24) is 19.6 Å². The van der Waals surface area contributed by atoms with E-state index in [2.05, 4.69) is 33.2 Å². The molecule has 0 radical (unpaired) electrons. The molecule has 0 fully saturated rings. The Morgan fingerprint density at radius 1 is 1.19 bits per heavy atom. The Morgan fingerprint density at radius 3 is 2.75 bits per heavy atom. The van der Waals surface area contributed by atoms with Gasteiger partial charge in [0.25, 0.3) is 10.0 Å². The van der Waals surface area contributed by atoms with Crippen LogP contribution in [0.25, 0.3) is 0 Å². The second-order valence-corrected chi connectivity index (χ2v) is 10.2. The highest BCUT2D eigenvalue weighted by molar-refractivity contribution is 7.89. The van der Waals surface area contributed by atoms with E-state index >= 15 is 0 Å². The van der Waals surface area contributed by atoms with Gasteiger partial charge in [-0.2, -0.15) is 0 Å². The van der Waals surface area contributed by atoms with Gasteiger partial charge in [0.1, 0.15) is 5.82 Å². The van der Waals surface area contributed by atoms with Crippen LogP contribution in [0.5, 0.6) is 0 Å². The Bertz CT molecular complexity index is 1190. The maximum atomic E-state index is 13.7. The molecule has 2 aromatic carbocycles. The van der Waals surface area contributed by atoms with Crippen molar-refractivity contribution in [3.63, 3.8) is 0 Å². The van der Waals surface area contributed by atoms with E-state index in [0.29, 0.717) is 24.8 Å². The summed E-state index contributed by atoms with van der Waals surface area (Å²) >= 11 is 0. The third-order valence-corrected chi connectivity index (χ3v) is 7.48. The smallest absolute Gasteiger partial charge is 0.259 e. The van der Waals surface area contributed by atoms with Crippen LogP contribution in [0.4, 0.5) is 4.39 Å². The predicted molar refractivity (Wildman–Crippen MR) is 123 cm³/mol. The molecular formula is C24H29FN4O2S. The SMILES string of the molecule is CNCC1Cc2ccc(CCNS(=O)(=O)c3cn(C)cn3)cc2C1Cc1cccc(F)c1. The Morgan fingerprint density at radius 2 is 2.03 bits per heavy atom. The lowest BCUT2D eigenvalue weighted by Crippen LogP contribution is -2.26. The number of imidazole rings is 1. The minimum Gasteiger partial charge on any atom is -0.339 e. The van der Waals surface area contributed by atoms with Gasteiger partial charge in [-0.25, -0.2) is 22.5 Å². The highest BCUT2D eigenvalue weighted by Gasteiger charge is 2.32. The maximum Gasteiger partial charge on any atom is 0.259 e. The molecule has 2 unspecified atom stereocenters. The predicted octanol–water partition coefficient (Wildman–Crippen LogP) is 2.80. The van der Waals surface area contributed by atoms with Crippen LogP contribution in [0, 0.1) is 11.7 Å². The Balaban J connectivity index is 1.48. The van der Waals surface area contributed by atoms with E-state index in [1.807, 2.05) is 13.1 Å². The molecule has 0 saturated carbocycles. The first-order valence-electron chi connectivity index (χ1n) is 10.8. The molecule has 1 aliphatic carbocycles. The number of hydrogen-bond donors (Lipinski definition) is 2. The monoisotopic (exact) mass is 456 g/mol. The van der Waals surface area contributed by atoms with Gasteiger partial charge >= 0.3 is 0 Å². The van der Waals surface area contributed by atoms with Crippen molar-refractivity contribution in [3.8, 4) is 0 Å². The Kier molecular flexibility index (Phi) is 6.74. The zero-order valence-corrected chi connectivity index (χ0v) is 19.2. The van der Waals surface area contributed by atoms with Crippen LogP contribution >= 0.6 is 0 Å². The molecule has 170 valence electrons. The standard InChI is InChI=1S/C24H29FN4O2S/c1-26-14-20-13-19-7-6-17(8-9-28-32(30,31)24-15-29(2)16-27-24)11-22(19)23(20)12-18-4-3-5-21(25)10-18/h3-7,10-11,15-16,20,23,26,28H,8-9,12-14H2,1-2H3. The minimum atomic E-state index is -3.62. The minimum absolute atomic E-state index is 0.0269. The third-order valence-electron chi connectivity index (χ3n) is 6.13. The van der Waals surface area contributed by atoms with E-state index in [9.17, 15) is 12.8 Å². The molecule has 8 heteroatoms. The van der Waals surface area contributed by atoms with Gasteiger partial charge < -0.3 is 9.88 Å². The lowest BCUT2D eigenvalue weighted by Gasteiger charge is -2.21. The quantitative estimate of drug-likeness (QED) is 0.519.